The molecule has 2 aromatic rings. The zero-order chi connectivity index (χ0) is 23.6. The van der Waals surface area contributed by atoms with Crippen molar-refractivity contribution in [2.75, 3.05) is 0 Å². The Morgan fingerprint density at radius 2 is 1.45 bits per heavy atom. The fourth-order valence-corrected chi connectivity index (χ4v) is 2.51. The first-order valence-electron chi connectivity index (χ1n) is 8.43. The molecular weight excluding hydrogens is 445 g/mol. The molecule has 1 aromatic heterocycles. The molecule has 0 spiro atoms. The number of benzene rings is 1. The number of pyridine rings is 1. The zero-order valence-corrected chi connectivity index (χ0v) is 15.5. The maximum absolute atomic E-state index is 13.4. The van der Waals surface area contributed by atoms with Gasteiger partial charge in [0.1, 0.15) is 6.04 Å². The summed E-state index contributed by atoms with van der Waals surface area (Å²) >= 11 is 0. The molecule has 4 nitrogen and oxygen atoms in total. The van der Waals surface area contributed by atoms with E-state index in [1.54, 1.807) is 0 Å². The van der Waals surface area contributed by atoms with Gasteiger partial charge in [0.25, 0.3) is 0 Å². The van der Waals surface area contributed by atoms with E-state index in [1.165, 1.54) is 5.32 Å². The van der Waals surface area contributed by atoms with Crippen LogP contribution in [0.3, 0.4) is 0 Å². The van der Waals surface area contributed by atoms with Crippen molar-refractivity contribution >= 4 is 6.03 Å². The van der Waals surface area contributed by atoms with Crippen molar-refractivity contribution in [2.45, 2.75) is 37.5 Å². The van der Waals surface area contributed by atoms with Crippen LogP contribution >= 0.6 is 0 Å². The Balaban J connectivity index is 2.48. The van der Waals surface area contributed by atoms with E-state index in [4.69, 9.17) is 0 Å². The smallest absolute Gasteiger partial charge is 0.327 e. The topological polar surface area (TPSA) is 54.0 Å². The molecule has 31 heavy (non-hydrogen) atoms. The summed E-state index contributed by atoms with van der Waals surface area (Å²) in [5.41, 5.74) is -3.48. The number of urea groups is 1. The van der Waals surface area contributed by atoms with Gasteiger partial charge in [-0.15, -0.1) is 0 Å². The molecule has 1 unspecified atom stereocenters. The summed E-state index contributed by atoms with van der Waals surface area (Å²) in [6, 6.07) is -1.32. The van der Waals surface area contributed by atoms with Gasteiger partial charge in [0.05, 0.1) is 22.9 Å². The van der Waals surface area contributed by atoms with E-state index in [1.807, 2.05) is 5.32 Å². The van der Waals surface area contributed by atoms with Crippen LogP contribution in [0.15, 0.2) is 42.6 Å². The van der Waals surface area contributed by atoms with Crippen LogP contribution in [0.4, 0.5) is 44.3 Å². The second-order valence-corrected chi connectivity index (χ2v) is 6.37. The SMILES string of the molecule is CC(NC(=O)N[C@@H](c1ccc(C(F)(F)F)cc1)c1ncccc1C(F)(F)F)C(F)(F)F. The predicted octanol–water partition coefficient (Wildman–Crippen LogP) is 5.46. The highest BCUT2D eigenvalue weighted by Gasteiger charge is 2.39. The molecule has 1 aromatic carbocycles. The van der Waals surface area contributed by atoms with Crippen LogP contribution in [0, 0.1) is 0 Å². The number of nitrogens with zero attached hydrogens (tertiary/aromatic N) is 1. The Morgan fingerprint density at radius 1 is 0.871 bits per heavy atom. The Bertz CT molecular complexity index is 905. The molecular formula is C18H14F9N3O. The van der Waals surface area contributed by atoms with Crippen molar-refractivity contribution in [1.29, 1.82) is 0 Å². The minimum absolute atomic E-state index is 0.257. The largest absolute Gasteiger partial charge is 0.418 e. The van der Waals surface area contributed by atoms with Gasteiger partial charge in [0, 0.05) is 6.20 Å². The van der Waals surface area contributed by atoms with Crippen molar-refractivity contribution in [3.05, 3.63) is 65.0 Å². The van der Waals surface area contributed by atoms with Gasteiger partial charge >= 0.3 is 24.6 Å². The van der Waals surface area contributed by atoms with Gasteiger partial charge in [-0.2, -0.15) is 39.5 Å². The maximum atomic E-state index is 13.4. The zero-order valence-electron chi connectivity index (χ0n) is 15.5. The standard InChI is InChI=1S/C18H14F9N3O/c1-9(16(19,20)21)29-15(31)30-13(10-4-6-11(7-5-10)17(22,23)24)14-12(18(25,26)27)3-2-8-28-14/h2-9,13H,1H3,(H2,29,30,31)/t9?,13-/m0/s1. The van der Waals surface area contributed by atoms with Gasteiger partial charge < -0.3 is 10.6 Å². The second kappa shape index (κ2) is 8.63. The van der Waals surface area contributed by atoms with Gasteiger partial charge in [-0.25, -0.2) is 4.79 Å². The summed E-state index contributed by atoms with van der Waals surface area (Å²) in [4.78, 5) is 15.6. The number of carbonyl (C=O) groups is 1. The summed E-state index contributed by atoms with van der Waals surface area (Å²) in [6.07, 6.45) is -13.6. The molecule has 170 valence electrons. The van der Waals surface area contributed by atoms with E-state index < -0.39 is 53.5 Å². The number of rotatable bonds is 4. The molecule has 0 bridgehead atoms. The molecule has 0 saturated heterocycles. The lowest BCUT2D eigenvalue weighted by molar-refractivity contribution is -0.148. The average Bonchev–Trinajstić information content (AvgIpc) is 2.64. The summed E-state index contributed by atoms with van der Waals surface area (Å²) in [6.45, 7) is 0.606. The molecule has 0 aliphatic rings. The lowest BCUT2D eigenvalue weighted by Gasteiger charge is -2.24. The highest BCUT2D eigenvalue weighted by molar-refractivity contribution is 5.75. The van der Waals surface area contributed by atoms with Crippen molar-refractivity contribution in [2.24, 2.45) is 0 Å². The minimum atomic E-state index is -4.95. The molecule has 0 saturated carbocycles. The summed E-state index contributed by atoms with van der Waals surface area (Å²) in [5, 5.41) is 3.45. The van der Waals surface area contributed by atoms with Crippen molar-refractivity contribution in [3.8, 4) is 0 Å². The summed E-state index contributed by atoms with van der Waals surface area (Å²) in [5.74, 6) is 0. The van der Waals surface area contributed by atoms with Gasteiger partial charge in [0.15, 0.2) is 0 Å². The van der Waals surface area contributed by atoms with Gasteiger partial charge in [-0.05, 0) is 36.8 Å². The number of amides is 2. The maximum Gasteiger partial charge on any atom is 0.418 e. The first-order valence-corrected chi connectivity index (χ1v) is 8.43. The van der Waals surface area contributed by atoms with Crippen LogP contribution in [-0.2, 0) is 12.4 Å². The first kappa shape index (κ1) is 24.3. The fourth-order valence-electron chi connectivity index (χ4n) is 2.51. The molecule has 2 amide bonds. The quantitative estimate of drug-likeness (QED) is 0.597. The number of alkyl halides is 9. The van der Waals surface area contributed by atoms with Gasteiger partial charge in [0.2, 0.25) is 0 Å². The highest BCUT2D eigenvalue weighted by atomic mass is 19.4. The molecule has 0 radical (unpaired) electrons. The predicted molar refractivity (Wildman–Crippen MR) is 89.7 cm³/mol. The fraction of sp³-hybridized carbons (Fsp3) is 0.333. The van der Waals surface area contributed by atoms with Crippen molar-refractivity contribution < 1.29 is 44.3 Å². The molecule has 2 N–H and O–H groups in total. The molecule has 0 aliphatic carbocycles. The van der Waals surface area contributed by atoms with E-state index in [9.17, 15) is 44.3 Å². The van der Waals surface area contributed by atoms with E-state index in [0.717, 1.165) is 24.4 Å². The van der Waals surface area contributed by atoms with E-state index >= 15 is 0 Å². The molecule has 2 atom stereocenters. The lowest BCUT2D eigenvalue weighted by atomic mass is 9.98. The van der Waals surface area contributed by atoms with Gasteiger partial charge in [-0.1, -0.05) is 12.1 Å². The Hall–Kier alpha value is -2.99. The normalized spacial score (nSPS) is 14.6. The number of halogens is 9. The van der Waals surface area contributed by atoms with E-state index in [2.05, 4.69) is 4.98 Å². The Kier molecular flexibility index (Phi) is 6.76. The van der Waals surface area contributed by atoms with Crippen LogP contribution in [0.2, 0.25) is 0 Å². The number of hydrogen-bond donors (Lipinski definition) is 2. The molecule has 0 aliphatic heterocycles. The first-order chi connectivity index (χ1) is 14.1. The Labute approximate surface area is 169 Å². The monoisotopic (exact) mass is 459 g/mol. The second-order valence-electron chi connectivity index (χ2n) is 6.37. The number of carbonyl (C=O) groups excluding carboxylic acids is 1. The van der Waals surface area contributed by atoms with E-state index in [-0.39, 0.29) is 5.56 Å². The van der Waals surface area contributed by atoms with Crippen LogP contribution in [-0.4, -0.2) is 23.2 Å². The molecule has 1 heterocycles. The minimum Gasteiger partial charge on any atom is -0.327 e. The number of nitrogens with one attached hydrogen (secondary N) is 2. The van der Waals surface area contributed by atoms with Gasteiger partial charge in [-0.3, -0.25) is 4.98 Å². The Morgan fingerprint density at radius 3 is 1.94 bits per heavy atom. The highest BCUT2D eigenvalue weighted by Crippen LogP contribution is 2.36. The van der Waals surface area contributed by atoms with Crippen LogP contribution in [0.1, 0.15) is 35.3 Å². The van der Waals surface area contributed by atoms with Crippen molar-refractivity contribution in [3.63, 3.8) is 0 Å². The molecule has 0 fully saturated rings. The van der Waals surface area contributed by atoms with Crippen LogP contribution in [0.25, 0.3) is 0 Å². The third-order valence-corrected chi connectivity index (χ3v) is 4.10. The number of aromatic nitrogens is 1. The van der Waals surface area contributed by atoms with Crippen molar-refractivity contribution in [1.82, 2.24) is 15.6 Å². The van der Waals surface area contributed by atoms with Crippen LogP contribution < -0.4 is 10.6 Å². The molecule has 2 rings (SSSR count). The third kappa shape index (κ3) is 6.25. The summed E-state index contributed by atoms with van der Waals surface area (Å²) in [7, 11) is 0. The average molecular weight is 459 g/mol. The van der Waals surface area contributed by atoms with Crippen LogP contribution in [0.5, 0.6) is 0 Å². The molecule has 13 heteroatoms. The third-order valence-electron chi connectivity index (χ3n) is 4.10. The van der Waals surface area contributed by atoms with E-state index in [0.29, 0.717) is 25.1 Å². The lowest BCUT2D eigenvalue weighted by Crippen LogP contribution is -2.48. The number of hydrogen-bond acceptors (Lipinski definition) is 2. The summed E-state index contributed by atoms with van der Waals surface area (Å²) < 4.78 is 116.